The second-order valence-corrected chi connectivity index (χ2v) is 9.14. The second-order valence-electron chi connectivity index (χ2n) is 6.81. The van der Waals surface area contributed by atoms with Crippen molar-refractivity contribution in [3.05, 3.63) is 54.8 Å². The molecule has 2 heterocycles. The van der Waals surface area contributed by atoms with Gasteiger partial charge in [-0.1, -0.05) is 0 Å². The fraction of sp³-hybridized carbons (Fsp3) is 0.190. The highest BCUT2D eigenvalue weighted by molar-refractivity contribution is 14.1. The molecule has 0 unspecified atom stereocenters. The van der Waals surface area contributed by atoms with Crippen LogP contribution in [-0.2, 0) is 12.8 Å². The zero-order chi connectivity index (χ0) is 17.8. The molecular formula is C21H16I2N2O. The number of pyridine rings is 1. The lowest BCUT2D eigenvalue weighted by Crippen LogP contribution is -2.08. The number of aromatic nitrogens is 2. The fourth-order valence-corrected chi connectivity index (χ4v) is 5.87. The van der Waals surface area contributed by atoms with Crippen LogP contribution in [0.25, 0.3) is 33.1 Å². The van der Waals surface area contributed by atoms with Crippen LogP contribution in [-0.4, -0.2) is 15.1 Å². The van der Waals surface area contributed by atoms with E-state index in [9.17, 15) is 5.11 Å². The molecule has 2 aromatic heterocycles. The Kier molecular flexibility index (Phi) is 4.11. The Labute approximate surface area is 178 Å². The number of aromatic hydroxyl groups is 1. The number of nitrogens with zero attached hydrogens (tertiary/aromatic N) is 1. The maximum absolute atomic E-state index is 10.1. The minimum atomic E-state index is 0.360. The predicted molar refractivity (Wildman–Crippen MR) is 123 cm³/mol. The molecule has 0 radical (unpaired) electrons. The molecule has 130 valence electrons. The summed E-state index contributed by atoms with van der Waals surface area (Å²) in [6, 6.07) is 10.5. The van der Waals surface area contributed by atoms with E-state index in [2.05, 4.69) is 80.5 Å². The van der Waals surface area contributed by atoms with Gasteiger partial charge in [0.2, 0.25) is 0 Å². The van der Waals surface area contributed by atoms with Gasteiger partial charge in [0.05, 0.1) is 18.4 Å². The molecule has 0 saturated carbocycles. The first kappa shape index (κ1) is 16.8. The quantitative estimate of drug-likeness (QED) is 0.271. The number of hydrogen-bond acceptors (Lipinski definition) is 2. The lowest BCUT2D eigenvalue weighted by molar-refractivity contribution is 0.467. The van der Waals surface area contributed by atoms with Crippen molar-refractivity contribution in [2.24, 2.45) is 0 Å². The molecule has 26 heavy (non-hydrogen) atoms. The first-order valence-electron chi connectivity index (χ1n) is 8.73. The van der Waals surface area contributed by atoms with Crippen LogP contribution in [0.2, 0.25) is 0 Å². The minimum Gasteiger partial charge on any atom is -0.506 e. The molecule has 0 spiro atoms. The highest BCUT2D eigenvalue weighted by atomic mass is 127. The number of fused-ring (bicyclic) bond motifs is 5. The summed E-state index contributed by atoms with van der Waals surface area (Å²) in [6.45, 7) is 0. The average Bonchev–Trinajstić information content (AvgIpc) is 3.13. The standard InChI is InChI=1S/C21H16I2N2O/c22-15-9-11(10-16(23)21(15)26)20-13-4-2-1-3-12(13)19-14-7-8-24-17(14)5-6-18(19)25-20/h5-10,24,26H,1-4H2. The third-order valence-corrected chi connectivity index (χ3v) is 6.94. The van der Waals surface area contributed by atoms with Crippen molar-refractivity contribution in [3.8, 4) is 17.0 Å². The number of aromatic amines is 1. The van der Waals surface area contributed by atoms with Crippen LogP contribution in [0.1, 0.15) is 24.0 Å². The third kappa shape index (κ3) is 2.54. The summed E-state index contributed by atoms with van der Waals surface area (Å²) in [7, 11) is 0. The number of halogens is 2. The van der Waals surface area contributed by atoms with Crippen LogP contribution < -0.4 is 0 Å². The van der Waals surface area contributed by atoms with Crippen LogP contribution in [0, 0.1) is 7.14 Å². The number of nitrogens with one attached hydrogen (secondary N) is 1. The van der Waals surface area contributed by atoms with Crippen LogP contribution in [0.15, 0.2) is 36.5 Å². The molecule has 0 saturated heterocycles. The summed E-state index contributed by atoms with van der Waals surface area (Å²) >= 11 is 4.40. The van der Waals surface area contributed by atoms with Crippen molar-refractivity contribution in [2.75, 3.05) is 0 Å². The summed E-state index contributed by atoms with van der Waals surface area (Å²) < 4.78 is 1.74. The van der Waals surface area contributed by atoms with Crippen molar-refractivity contribution < 1.29 is 5.11 Å². The number of hydrogen-bond donors (Lipinski definition) is 2. The summed E-state index contributed by atoms with van der Waals surface area (Å²) in [5.74, 6) is 0.360. The monoisotopic (exact) mass is 566 g/mol. The van der Waals surface area contributed by atoms with Gasteiger partial charge in [-0.3, -0.25) is 0 Å². The van der Waals surface area contributed by atoms with Crippen LogP contribution in [0.4, 0.5) is 0 Å². The van der Waals surface area contributed by atoms with Crippen molar-refractivity contribution in [1.82, 2.24) is 9.97 Å². The molecule has 2 N–H and O–H groups in total. The maximum Gasteiger partial charge on any atom is 0.142 e. The largest absolute Gasteiger partial charge is 0.506 e. The summed E-state index contributed by atoms with van der Waals surface area (Å²) in [5.41, 5.74) is 7.26. The van der Waals surface area contributed by atoms with Gasteiger partial charge in [-0.25, -0.2) is 4.98 Å². The first-order valence-corrected chi connectivity index (χ1v) is 10.9. The van der Waals surface area contributed by atoms with Crippen LogP contribution >= 0.6 is 45.2 Å². The van der Waals surface area contributed by atoms with Gasteiger partial charge in [-0.05, 0) is 112 Å². The Morgan fingerprint density at radius 3 is 2.46 bits per heavy atom. The molecule has 0 aliphatic heterocycles. The van der Waals surface area contributed by atoms with E-state index < -0.39 is 0 Å². The van der Waals surface area contributed by atoms with Crippen LogP contribution in [0.3, 0.4) is 0 Å². The van der Waals surface area contributed by atoms with Gasteiger partial charge in [0.15, 0.2) is 0 Å². The molecule has 0 amide bonds. The van der Waals surface area contributed by atoms with E-state index in [-0.39, 0.29) is 0 Å². The van der Waals surface area contributed by atoms with E-state index in [0.717, 1.165) is 36.8 Å². The lowest BCUT2D eigenvalue weighted by atomic mass is 9.85. The van der Waals surface area contributed by atoms with Crippen LogP contribution in [0.5, 0.6) is 5.75 Å². The molecular weight excluding hydrogens is 550 g/mol. The minimum absolute atomic E-state index is 0.360. The average molecular weight is 566 g/mol. The molecule has 2 aromatic carbocycles. The van der Waals surface area contributed by atoms with Crippen molar-refractivity contribution in [2.45, 2.75) is 25.7 Å². The normalized spacial score (nSPS) is 14.1. The molecule has 1 aliphatic rings. The smallest absolute Gasteiger partial charge is 0.142 e. The van der Waals surface area contributed by atoms with E-state index in [0.29, 0.717) is 5.75 Å². The summed E-state index contributed by atoms with van der Waals surface area (Å²) in [4.78, 5) is 8.43. The van der Waals surface area contributed by atoms with Gasteiger partial charge in [-0.15, -0.1) is 0 Å². The molecule has 5 rings (SSSR count). The number of aryl methyl sites for hydroxylation is 1. The highest BCUT2D eigenvalue weighted by Gasteiger charge is 2.21. The first-order chi connectivity index (χ1) is 12.6. The zero-order valence-electron chi connectivity index (χ0n) is 13.9. The Balaban J connectivity index is 1.88. The molecule has 4 aromatic rings. The van der Waals surface area contributed by atoms with E-state index in [1.165, 1.54) is 40.3 Å². The van der Waals surface area contributed by atoms with E-state index >= 15 is 0 Å². The Morgan fingerprint density at radius 1 is 0.962 bits per heavy atom. The second kappa shape index (κ2) is 6.37. The number of rotatable bonds is 1. The molecule has 0 fully saturated rings. The topological polar surface area (TPSA) is 48.9 Å². The number of H-pyrrole nitrogens is 1. The Bertz CT molecular complexity index is 1160. The van der Waals surface area contributed by atoms with Gasteiger partial charge >= 0.3 is 0 Å². The molecule has 3 nitrogen and oxygen atoms in total. The summed E-state index contributed by atoms with van der Waals surface area (Å²) in [5, 5.41) is 12.7. The SMILES string of the molecule is Oc1c(I)cc(-c2nc3ccc4[nH]ccc4c3c3c2CCCC3)cc1I. The van der Waals surface area contributed by atoms with Gasteiger partial charge in [0.25, 0.3) is 0 Å². The van der Waals surface area contributed by atoms with Crippen molar-refractivity contribution in [1.29, 1.82) is 0 Å². The maximum atomic E-state index is 10.1. The van der Waals surface area contributed by atoms with Crippen molar-refractivity contribution in [3.63, 3.8) is 0 Å². The van der Waals surface area contributed by atoms with Gasteiger partial charge in [0.1, 0.15) is 5.75 Å². The predicted octanol–water partition coefficient (Wildman–Crippen LogP) is 6.18. The number of phenols is 1. The van der Waals surface area contributed by atoms with Crippen molar-refractivity contribution >= 4 is 67.0 Å². The molecule has 0 atom stereocenters. The van der Waals surface area contributed by atoms with E-state index in [1.807, 2.05) is 6.20 Å². The Morgan fingerprint density at radius 2 is 1.69 bits per heavy atom. The Hall–Kier alpha value is -1.35. The number of benzene rings is 2. The number of phenolic OH excluding ortho intramolecular Hbond substituents is 1. The van der Waals surface area contributed by atoms with E-state index in [4.69, 9.17) is 4.98 Å². The highest BCUT2D eigenvalue weighted by Crippen LogP contribution is 2.39. The fourth-order valence-electron chi connectivity index (χ4n) is 4.10. The van der Waals surface area contributed by atoms with Gasteiger partial charge in [-0.2, -0.15) is 0 Å². The van der Waals surface area contributed by atoms with E-state index in [1.54, 1.807) is 0 Å². The molecule has 1 aliphatic carbocycles. The lowest BCUT2D eigenvalue weighted by Gasteiger charge is -2.22. The molecule has 0 bridgehead atoms. The molecule has 5 heteroatoms. The third-order valence-electron chi connectivity index (χ3n) is 5.29. The van der Waals surface area contributed by atoms with Gasteiger partial charge in [0, 0.05) is 28.0 Å². The van der Waals surface area contributed by atoms with Gasteiger partial charge < -0.3 is 10.1 Å². The summed E-state index contributed by atoms with van der Waals surface area (Å²) in [6.07, 6.45) is 6.64. The zero-order valence-corrected chi connectivity index (χ0v) is 18.3.